The minimum Gasteiger partial charge on any atom is -0.480 e. The maximum absolute atomic E-state index is 12.0. The van der Waals surface area contributed by atoms with Crippen LogP contribution in [0.15, 0.2) is 24.5 Å². The summed E-state index contributed by atoms with van der Waals surface area (Å²) < 4.78 is 0. The monoisotopic (exact) mass is 290 g/mol. The maximum Gasteiger partial charge on any atom is 0.326 e. The second-order valence-corrected chi connectivity index (χ2v) is 5.64. The molecule has 1 saturated carbocycles. The van der Waals surface area contributed by atoms with E-state index in [1.54, 1.807) is 12.4 Å². The van der Waals surface area contributed by atoms with Crippen LogP contribution in [0.4, 0.5) is 0 Å². The molecule has 1 aromatic rings. The lowest BCUT2D eigenvalue weighted by Crippen LogP contribution is -2.46. The average molecular weight is 290 g/mol. The zero-order valence-corrected chi connectivity index (χ0v) is 12.1. The second kappa shape index (κ2) is 7.76. The SMILES string of the molecule is O=C(CCc1ccncc1)NC(C(=O)O)C1CCCCC1. The van der Waals surface area contributed by atoms with E-state index in [-0.39, 0.29) is 11.8 Å². The predicted molar refractivity (Wildman–Crippen MR) is 78.7 cm³/mol. The minimum atomic E-state index is -0.917. The Hall–Kier alpha value is -1.91. The maximum atomic E-state index is 12.0. The number of rotatable bonds is 6. The zero-order chi connectivity index (χ0) is 15.1. The van der Waals surface area contributed by atoms with E-state index in [1.807, 2.05) is 12.1 Å². The van der Waals surface area contributed by atoms with E-state index in [2.05, 4.69) is 10.3 Å². The fourth-order valence-electron chi connectivity index (χ4n) is 2.90. The van der Waals surface area contributed by atoms with Gasteiger partial charge in [-0.05, 0) is 42.9 Å². The van der Waals surface area contributed by atoms with Gasteiger partial charge in [0, 0.05) is 18.8 Å². The summed E-state index contributed by atoms with van der Waals surface area (Å²) >= 11 is 0. The van der Waals surface area contributed by atoms with E-state index in [0.29, 0.717) is 12.8 Å². The third-order valence-electron chi connectivity index (χ3n) is 4.09. The highest BCUT2D eigenvalue weighted by Crippen LogP contribution is 2.26. The first-order chi connectivity index (χ1) is 10.2. The van der Waals surface area contributed by atoms with Gasteiger partial charge in [0.25, 0.3) is 0 Å². The quantitative estimate of drug-likeness (QED) is 0.841. The van der Waals surface area contributed by atoms with Crippen LogP contribution in [-0.4, -0.2) is 28.0 Å². The fraction of sp³-hybridized carbons (Fsp3) is 0.562. The highest BCUT2D eigenvalue weighted by Gasteiger charge is 2.30. The lowest BCUT2D eigenvalue weighted by atomic mass is 9.84. The topological polar surface area (TPSA) is 79.3 Å². The third-order valence-corrected chi connectivity index (χ3v) is 4.09. The molecule has 0 saturated heterocycles. The molecule has 2 N–H and O–H groups in total. The number of aliphatic carboxylic acids is 1. The van der Waals surface area contributed by atoms with E-state index >= 15 is 0 Å². The van der Waals surface area contributed by atoms with Crippen LogP contribution in [0.5, 0.6) is 0 Å². The molecule has 1 aliphatic rings. The summed E-state index contributed by atoms with van der Waals surface area (Å²) in [6, 6.07) is 2.99. The van der Waals surface area contributed by atoms with Crippen molar-refractivity contribution in [1.29, 1.82) is 0 Å². The smallest absolute Gasteiger partial charge is 0.326 e. The van der Waals surface area contributed by atoms with Crippen molar-refractivity contribution in [3.8, 4) is 0 Å². The molecular weight excluding hydrogens is 268 g/mol. The molecule has 0 aromatic carbocycles. The van der Waals surface area contributed by atoms with Gasteiger partial charge in [-0.15, -0.1) is 0 Å². The van der Waals surface area contributed by atoms with Crippen LogP contribution in [0, 0.1) is 5.92 Å². The first kappa shape index (κ1) is 15.5. The number of aromatic nitrogens is 1. The van der Waals surface area contributed by atoms with Gasteiger partial charge in [-0.25, -0.2) is 4.79 Å². The zero-order valence-electron chi connectivity index (χ0n) is 12.1. The minimum absolute atomic E-state index is 0.0705. The number of amides is 1. The summed E-state index contributed by atoms with van der Waals surface area (Å²) in [5.41, 5.74) is 1.03. The third kappa shape index (κ3) is 4.85. The van der Waals surface area contributed by atoms with Crippen LogP contribution >= 0.6 is 0 Å². The Morgan fingerprint density at radius 2 is 1.90 bits per heavy atom. The molecule has 114 valence electrons. The molecule has 0 radical (unpaired) electrons. The molecule has 0 bridgehead atoms. The normalized spacial score (nSPS) is 17.1. The number of carbonyl (C=O) groups excluding carboxylic acids is 1. The van der Waals surface area contributed by atoms with E-state index in [1.165, 1.54) is 6.42 Å². The van der Waals surface area contributed by atoms with Crippen LogP contribution < -0.4 is 5.32 Å². The number of hydrogen-bond acceptors (Lipinski definition) is 3. The Bertz CT molecular complexity index is 470. The van der Waals surface area contributed by atoms with E-state index < -0.39 is 12.0 Å². The Morgan fingerprint density at radius 1 is 1.24 bits per heavy atom. The van der Waals surface area contributed by atoms with Gasteiger partial charge in [-0.3, -0.25) is 9.78 Å². The number of carboxylic acids is 1. The first-order valence-corrected chi connectivity index (χ1v) is 7.58. The molecular formula is C16H22N2O3. The van der Waals surface area contributed by atoms with Gasteiger partial charge < -0.3 is 10.4 Å². The highest BCUT2D eigenvalue weighted by molar-refractivity contribution is 5.83. The molecule has 5 heteroatoms. The number of nitrogens with one attached hydrogen (secondary N) is 1. The summed E-state index contributed by atoms with van der Waals surface area (Å²) in [6.07, 6.45) is 9.35. The standard InChI is InChI=1S/C16H22N2O3/c19-14(7-6-12-8-10-17-11-9-12)18-15(16(20)21)13-4-2-1-3-5-13/h8-11,13,15H,1-7H2,(H,18,19)(H,20,21). The van der Waals surface area contributed by atoms with Gasteiger partial charge in [-0.1, -0.05) is 19.3 Å². The van der Waals surface area contributed by atoms with Crippen LogP contribution in [0.2, 0.25) is 0 Å². The number of hydrogen-bond donors (Lipinski definition) is 2. The van der Waals surface area contributed by atoms with Crippen LogP contribution in [0.3, 0.4) is 0 Å². The van der Waals surface area contributed by atoms with Gasteiger partial charge in [0.15, 0.2) is 0 Å². The summed E-state index contributed by atoms with van der Waals surface area (Å²) in [5.74, 6) is -1.04. The molecule has 1 unspecified atom stereocenters. The number of pyridine rings is 1. The molecule has 0 spiro atoms. The number of carbonyl (C=O) groups is 2. The van der Waals surface area contributed by atoms with Gasteiger partial charge in [0.2, 0.25) is 5.91 Å². The lowest BCUT2D eigenvalue weighted by molar-refractivity contribution is -0.143. The molecule has 1 amide bonds. The van der Waals surface area contributed by atoms with Gasteiger partial charge in [-0.2, -0.15) is 0 Å². The Balaban J connectivity index is 1.84. The molecule has 1 atom stereocenters. The molecule has 1 fully saturated rings. The largest absolute Gasteiger partial charge is 0.480 e. The molecule has 0 aliphatic heterocycles. The van der Waals surface area contributed by atoms with Crippen molar-refractivity contribution < 1.29 is 14.7 Å². The Morgan fingerprint density at radius 3 is 2.52 bits per heavy atom. The molecule has 2 rings (SSSR count). The molecule has 1 aromatic heterocycles. The number of carboxylic acid groups (broad SMARTS) is 1. The van der Waals surface area contributed by atoms with Gasteiger partial charge in [0.05, 0.1) is 0 Å². The summed E-state index contributed by atoms with van der Waals surface area (Å²) in [5, 5.41) is 12.0. The molecule has 1 heterocycles. The number of nitrogens with zero attached hydrogens (tertiary/aromatic N) is 1. The summed E-state index contributed by atoms with van der Waals surface area (Å²) in [7, 11) is 0. The Kier molecular flexibility index (Phi) is 5.72. The van der Waals surface area contributed by atoms with Gasteiger partial charge in [0.1, 0.15) is 6.04 Å². The Labute approximate surface area is 124 Å². The van der Waals surface area contributed by atoms with Crippen LogP contribution in [0.1, 0.15) is 44.1 Å². The van der Waals surface area contributed by atoms with Crippen molar-refractivity contribution in [2.45, 2.75) is 51.0 Å². The fourth-order valence-corrected chi connectivity index (χ4v) is 2.90. The second-order valence-electron chi connectivity index (χ2n) is 5.64. The average Bonchev–Trinajstić information content (AvgIpc) is 2.52. The van der Waals surface area contributed by atoms with E-state index in [4.69, 9.17) is 0 Å². The van der Waals surface area contributed by atoms with Crippen LogP contribution in [0.25, 0.3) is 0 Å². The molecule has 21 heavy (non-hydrogen) atoms. The summed E-state index contributed by atoms with van der Waals surface area (Å²) in [4.78, 5) is 27.3. The highest BCUT2D eigenvalue weighted by atomic mass is 16.4. The lowest BCUT2D eigenvalue weighted by Gasteiger charge is -2.28. The van der Waals surface area contributed by atoms with Crippen LogP contribution in [-0.2, 0) is 16.0 Å². The summed E-state index contributed by atoms with van der Waals surface area (Å²) in [6.45, 7) is 0. The molecule has 1 aliphatic carbocycles. The van der Waals surface area contributed by atoms with Crippen molar-refractivity contribution >= 4 is 11.9 Å². The van der Waals surface area contributed by atoms with Crippen molar-refractivity contribution in [3.05, 3.63) is 30.1 Å². The molecule has 5 nitrogen and oxygen atoms in total. The van der Waals surface area contributed by atoms with Crippen molar-refractivity contribution in [1.82, 2.24) is 10.3 Å². The first-order valence-electron chi connectivity index (χ1n) is 7.58. The predicted octanol–water partition coefficient (Wildman–Crippen LogP) is 2.16. The van der Waals surface area contributed by atoms with E-state index in [9.17, 15) is 14.7 Å². The van der Waals surface area contributed by atoms with Gasteiger partial charge >= 0.3 is 5.97 Å². The van der Waals surface area contributed by atoms with Crippen molar-refractivity contribution in [3.63, 3.8) is 0 Å². The number of aryl methyl sites for hydroxylation is 1. The van der Waals surface area contributed by atoms with Crippen molar-refractivity contribution in [2.75, 3.05) is 0 Å². The van der Waals surface area contributed by atoms with E-state index in [0.717, 1.165) is 31.2 Å². The van der Waals surface area contributed by atoms with Crippen molar-refractivity contribution in [2.24, 2.45) is 5.92 Å².